The molecule has 0 bridgehead atoms. The van der Waals surface area contributed by atoms with Gasteiger partial charge in [0.05, 0.1) is 10.0 Å². The zero-order chi connectivity index (χ0) is 23.8. The zero-order valence-electron chi connectivity index (χ0n) is 18.1. The van der Waals surface area contributed by atoms with Crippen LogP contribution in [0.2, 0.25) is 10.0 Å². The second-order valence-corrected chi connectivity index (χ2v) is 8.85. The molecule has 0 saturated carbocycles. The lowest BCUT2D eigenvalue weighted by Crippen LogP contribution is -2.53. The first-order chi connectivity index (χ1) is 14.8. The van der Waals surface area contributed by atoms with Crippen LogP contribution in [0.4, 0.5) is 0 Å². The van der Waals surface area contributed by atoms with Crippen molar-refractivity contribution < 1.29 is 9.68 Å². The maximum absolute atomic E-state index is 6.23. The van der Waals surface area contributed by atoms with Crippen molar-refractivity contribution in [3.63, 3.8) is 0 Å². The van der Waals surface area contributed by atoms with E-state index in [9.17, 15) is 0 Å². The molecule has 0 radical (unpaired) electrons. The van der Waals surface area contributed by atoms with Crippen LogP contribution in [0.1, 0.15) is 38.8 Å². The van der Waals surface area contributed by atoms with E-state index in [4.69, 9.17) is 55.8 Å². The van der Waals surface area contributed by atoms with E-state index < -0.39 is 11.3 Å². The van der Waals surface area contributed by atoms with Crippen molar-refractivity contribution in [2.45, 2.75) is 52.2 Å². The molecule has 8 N–H and O–H groups in total. The minimum atomic E-state index is -0.858. The molecular weight excluding hydrogens is 459 g/mol. The highest BCUT2D eigenvalue weighted by Gasteiger charge is 2.34. The number of rotatable bonds is 6. The molecule has 0 unspecified atom stereocenters. The summed E-state index contributed by atoms with van der Waals surface area (Å²) in [7, 11) is 0. The summed E-state index contributed by atoms with van der Waals surface area (Å²) in [6, 6.07) is 3.36. The molecule has 0 aromatic heterocycles. The fourth-order valence-electron chi connectivity index (χ4n) is 3.20. The second kappa shape index (κ2) is 8.62. The Kier molecular flexibility index (Phi) is 6.43. The molecule has 2 aliphatic heterocycles. The lowest BCUT2D eigenvalue weighted by atomic mass is 10.1. The first kappa shape index (κ1) is 23.9. The Bertz CT molecular complexity index is 954. The molecule has 14 heteroatoms. The van der Waals surface area contributed by atoms with E-state index in [0.29, 0.717) is 21.2 Å². The Labute approximate surface area is 195 Å². The quantitative estimate of drug-likeness (QED) is 0.464. The van der Waals surface area contributed by atoms with Gasteiger partial charge in [-0.15, -0.1) is 0 Å². The molecule has 0 fully saturated rings. The SMILES string of the molecule is CC1(C)N=C(N)N=C(N)N1OCc1cc(Cl)c(Cl)cc1CON1C(N)=NC(N)=NC1(C)C. The van der Waals surface area contributed by atoms with E-state index in [-0.39, 0.29) is 37.1 Å². The largest absolute Gasteiger partial charge is 0.368 e. The molecular formula is C18H26Cl2N10O2. The fourth-order valence-corrected chi connectivity index (χ4v) is 3.57. The number of nitrogens with two attached hydrogens (primary N) is 4. The predicted molar refractivity (Wildman–Crippen MR) is 124 cm³/mol. The highest BCUT2D eigenvalue weighted by atomic mass is 35.5. The van der Waals surface area contributed by atoms with Gasteiger partial charge >= 0.3 is 0 Å². The molecule has 32 heavy (non-hydrogen) atoms. The number of aliphatic imine (C=N–C) groups is 4. The Balaban J connectivity index is 1.80. The second-order valence-electron chi connectivity index (χ2n) is 8.04. The third kappa shape index (κ3) is 4.99. The van der Waals surface area contributed by atoms with E-state index >= 15 is 0 Å². The monoisotopic (exact) mass is 484 g/mol. The van der Waals surface area contributed by atoms with Crippen LogP contribution in [0, 0.1) is 0 Å². The summed E-state index contributed by atoms with van der Waals surface area (Å²) in [6.45, 7) is 7.28. The maximum atomic E-state index is 6.23. The molecule has 0 aliphatic carbocycles. The lowest BCUT2D eigenvalue weighted by Gasteiger charge is -2.37. The van der Waals surface area contributed by atoms with Crippen molar-refractivity contribution in [2.24, 2.45) is 42.9 Å². The van der Waals surface area contributed by atoms with Gasteiger partial charge in [0.1, 0.15) is 13.2 Å². The number of hydroxylamine groups is 4. The van der Waals surface area contributed by atoms with Crippen LogP contribution in [-0.4, -0.2) is 45.3 Å². The van der Waals surface area contributed by atoms with Crippen LogP contribution in [0.25, 0.3) is 0 Å². The van der Waals surface area contributed by atoms with Gasteiger partial charge in [-0.05, 0) is 51.0 Å². The number of hydrogen-bond donors (Lipinski definition) is 4. The maximum Gasteiger partial charge on any atom is 0.226 e. The average Bonchev–Trinajstić information content (AvgIpc) is 2.61. The van der Waals surface area contributed by atoms with E-state index in [0.717, 1.165) is 0 Å². The Morgan fingerprint density at radius 3 is 1.41 bits per heavy atom. The number of guanidine groups is 4. The van der Waals surface area contributed by atoms with Gasteiger partial charge in [0.25, 0.3) is 0 Å². The molecule has 174 valence electrons. The lowest BCUT2D eigenvalue weighted by molar-refractivity contribution is -0.172. The van der Waals surface area contributed by atoms with Crippen molar-refractivity contribution in [3.8, 4) is 0 Å². The van der Waals surface area contributed by atoms with Gasteiger partial charge < -0.3 is 22.9 Å². The van der Waals surface area contributed by atoms with Crippen molar-refractivity contribution in [1.29, 1.82) is 0 Å². The van der Waals surface area contributed by atoms with E-state index in [1.807, 2.05) is 0 Å². The molecule has 2 heterocycles. The third-order valence-corrected chi connectivity index (χ3v) is 5.31. The van der Waals surface area contributed by atoms with Gasteiger partial charge in [0.2, 0.25) is 23.8 Å². The van der Waals surface area contributed by atoms with Crippen LogP contribution in [-0.2, 0) is 22.9 Å². The fraction of sp³-hybridized carbons (Fsp3) is 0.444. The number of nitrogens with zero attached hydrogens (tertiary/aromatic N) is 6. The molecule has 3 rings (SSSR count). The van der Waals surface area contributed by atoms with Crippen LogP contribution in [0.3, 0.4) is 0 Å². The minimum Gasteiger partial charge on any atom is -0.368 e. The first-order valence-corrected chi connectivity index (χ1v) is 10.3. The normalized spacial score (nSPS) is 19.8. The summed E-state index contributed by atoms with van der Waals surface area (Å²) in [6.07, 6.45) is 0. The Morgan fingerprint density at radius 2 is 1.09 bits per heavy atom. The summed E-state index contributed by atoms with van der Waals surface area (Å²) in [5.41, 5.74) is 23.0. The van der Waals surface area contributed by atoms with Crippen LogP contribution < -0.4 is 22.9 Å². The summed E-state index contributed by atoms with van der Waals surface area (Å²) < 4.78 is 0. The van der Waals surface area contributed by atoms with E-state index in [1.165, 1.54) is 10.1 Å². The number of benzene rings is 1. The van der Waals surface area contributed by atoms with Gasteiger partial charge in [0, 0.05) is 0 Å². The smallest absolute Gasteiger partial charge is 0.226 e. The summed E-state index contributed by atoms with van der Waals surface area (Å²) >= 11 is 12.5. The molecule has 0 amide bonds. The molecule has 0 atom stereocenters. The topological polar surface area (TPSA) is 178 Å². The van der Waals surface area contributed by atoms with Gasteiger partial charge in [-0.3, -0.25) is 9.68 Å². The predicted octanol–water partition coefficient (Wildman–Crippen LogP) is 1.22. The molecule has 2 aliphatic rings. The summed E-state index contributed by atoms with van der Waals surface area (Å²) in [5.74, 6) is 0.301. The highest BCUT2D eigenvalue weighted by molar-refractivity contribution is 6.42. The standard InChI is InChI=1S/C18H26Cl2N10O2/c1-17(2)27-13(21)25-15(23)29(17)31-7-9-5-11(19)12(20)6-10(9)8-32-30-16(24)26-14(22)28-18(30,3)4/h5-6H,7-8H2,1-4H3,(H4,21,23,25,27)(H4,22,24,26,28). The molecule has 0 spiro atoms. The molecule has 1 aromatic rings. The molecule has 1 aromatic carbocycles. The minimum absolute atomic E-state index is 0.0719. The van der Waals surface area contributed by atoms with Crippen LogP contribution >= 0.6 is 23.2 Å². The van der Waals surface area contributed by atoms with E-state index in [2.05, 4.69) is 20.0 Å². The average molecular weight is 485 g/mol. The zero-order valence-corrected chi connectivity index (χ0v) is 19.6. The summed E-state index contributed by atoms with van der Waals surface area (Å²) in [5, 5.41) is 3.44. The third-order valence-electron chi connectivity index (χ3n) is 4.59. The van der Waals surface area contributed by atoms with Crippen molar-refractivity contribution in [1.82, 2.24) is 10.1 Å². The Hall–Kier alpha value is -2.80. The van der Waals surface area contributed by atoms with Gasteiger partial charge in [-0.1, -0.05) is 23.2 Å². The van der Waals surface area contributed by atoms with Crippen molar-refractivity contribution in [2.75, 3.05) is 0 Å². The van der Waals surface area contributed by atoms with Crippen LogP contribution in [0.5, 0.6) is 0 Å². The van der Waals surface area contributed by atoms with Crippen molar-refractivity contribution in [3.05, 3.63) is 33.3 Å². The molecule has 12 nitrogen and oxygen atoms in total. The van der Waals surface area contributed by atoms with Crippen LogP contribution in [0.15, 0.2) is 32.1 Å². The van der Waals surface area contributed by atoms with Crippen molar-refractivity contribution >= 4 is 47.0 Å². The summed E-state index contributed by atoms with van der Waals surface area (Å²) in [4.78, 5) is 28.2. The number of hydrogen-bond acceptors (Lipinski definition) is 12. The van der Waals surface area contributed by atoms with E-state index in [1.54, 1.807) is 39.8 Å². The highest BCUT2D eigenvalue weighted by Crippen LogP contribution is 2.29. The Morgan fingerprint density at radius 1 is 0.750 bits per heavy atom. The molecule has 0 saturated heterocycles. The first-order valence-electron chi connectivity index (χ1n) is 9.52. The van der Waals surface area contributed by atoms with Gasteiger partial charge in [0.15, 0.2) is 11.3 Å². The van der Waals surface area contributed by atoms with Gasteiger partial charge in [-0.2, -0.15) is 20.1 Å². The van der Waals surface area contributed by atoms with Gasteiger partial charge in [-0.25, -0.2) is 9.98 Å². The number of halogens is 2.